The predicted octanol–water partition coefficient (Wildman–Crippen LogP) is 1.16. The molecular formula is C16H21N3O4S. The first-order valence-electron chi connectivity index (χ1n) is 7.85. The molecule has 0 spiro atoms. The van der Waals surface area contributed by atoms with Gasteiger partial charge in [0, 0.05) is 11.4 Å². The van der Waals surface area contributed by atoms with E-state index in [-0.39, 0.29) is 22.6 Å². The van der Waals surface area contributed by atoms with Gasteiger partial charge in [-0.1, -0.05) is 0 Å². The number of piperidine rings is 1. The van der Waals surface area contributed by atoms with Gasteiger partial charge < -0.3 is 14.6 Å². The molecular weight excluding hydrogens is 330 g/mol. The van der Waals surface area contributed by atoms with Gasteiger partial charge in [-0.3, -0.25) is 4.79 Å². The van der Waals surface area contributed by atoms with E-state index in [0.29, 0.717) is 11.0 Å². The second kappa shape index (κ2) is 6.54. The quantitative estimate of drug-likeness (QED) is 0.863. The van der Waals surface area contributed by atoms with E-state index in [1.807, 2.05) is 0 Å². The van der Waals surface area contributed by atoms with Crippen molar-refractivity contribution in [3.63, 3.8) is 0 Å². The Balaban J connectivity index is 1.79. The number of rotatable bonds is 4. The number of furan rings is 1. The highest BCUT2D eigenvalue weighted by atomic mass is 32.2. The van der Waals surface area contributed by atoms with Gasteiger partial charge in [0.25, 0.3) is 5.91 Å². The largest absolute Gasteiger partial charge is 0.451 e. The summed E-state index contributed by atoms with van der Waals surface area (Å²) in [5.41, 5.74) is 0.485. The van der Waals surface area contributed by atoms with Crippen LogP contribution in [0, 0.1) is 0 Å². The van der Waals surface area contributed by atoms with Crippen LogP contribution in [0.25, 0.3) is 11.0 Å². The minimum absolute atomic E-state index is 0.139. The number of nitrogens with one attached hydrogen (secondary N) is 2. The lowest BCUT2D eigenvalue weighted by atomic mass is 10.1. The van der Waals surface area contributed by atoms with E-state index in [1.54, 1.807) is 12.1 Å². The zero-order valence-electron chi connectivity index (χ0n) is 13.7. The van der Waals surface area contributed by atoms with Crippen LogP contribution in [0.4, 0.5) is 0 Å². The van der Waals surface area contributed by atoms with Gasteiger partial charge >= 0.3 is 0 Å². The van der Waals surface area contributed by atoms with Crippen LogP contribution in [0.15, 0.2) is 33.6 Å². The van der Waals surface area contributed by atoms with Gasteiger partial charge in [0.15, 0.2) is 5.76 Å². The Morgan fingerprint density at radius 1 is 1.25 bits per heavy atom. The molecule has 8 heteroatoms. The highest BCUT2D eigenvalue weighted by molar-refractivity contribution is 7.89. The van der Waals surface area contributed by atoms with Gasteiger partial charge in [-0.25, -0.2) is 13.1 Å². The third-order valence-electron chi connectivity index (χ3n) is 4.34. The lowest BCUT2D eigenvalue weighted by Crippen LogP contribution is -2.43. The van der Waals surface area contributed by atoms with Crippen molar-refractivity contribution < 1.29 is 17.6 Å². The summed E-state index contributed by atoms with van der Waals surface area (Å²) in [5, 5.41) is 3.57. The summed E-state index contributed by atoms with van der Waals surface area (Å²) < 4.78 is 31.5. The van der Waals surface area contributed by atoms with Crippen molar-refractivity contribution >= 4 is 26.9 Å². The van der Waals surface area contributed by atoms with Crippen LogP contribution < -0.4 is 10.0 Å². The molecule has 130 valence electrons. The number of carbonyl (C=O) groups is 1. The highest BCUT2D eigenvalue weighted by Crippen LogP contribution is 2.23. The average Bonchev–Trinajstić information content (AvgIpc) is 3.00. The number of nitrogens with zero attached hydrogens (tertiary/aromatic N) is 1. The van der Waals surface area contributed by atoms with Crippen molar-refractivity contribution in [1.82, 2.24) is 14.9 Å². The first kappa shape index (κ1) is 16.9. The maximum absolute atomic E-state index is 12.4. The number of fused-ring (bicyclic) bond motifs is 1. The summed E-state index contributed by atoms with van der Waals surface area (Å²) in [4.78, 5) is 14.7. The Morgan fingerprint density at radius 3 is 2.62 bits per heavy atom. The van der Waals surface area contributed by atoms with Crippen molar-refractivity contribution in [1.29, 1.82) is 0 Å². The van der Waals surface area contributed by atoms with Crippen molar-refractivity contribution in [2.75, 3.05) is 27.2 Å². The van der Waals surface area contributed by atoms with E-state index in [0.717, 1.165) is 25.9 Å². The molecule has 0 atom stereocenters. The molecule has 1 aliphatic heterocycles. The van der Waals surface area contributed by atoms with E-state index in [1.165, 1.54) is 19.2 Å². The fraction of sp³-hybridized carbons (Fsp3) is 0.438. The topological polar surface area (TPSA) is 91.6 Å². The zero-order valence-corrected chi connectivity index (χ0v) is 14.5. The Morgan fingerprint density at radius 2 is 1.96 bits per heavy atom. The van der Waals surface area contributed by atoms with Crippen molar-refractivity contribution in [2.45, 2.75) is 23.8 Å². The summed E-state index contributed by atoms with van der Waals surface area (Å²) in [6.07, 6.45) is 1.82. The maximum atomic E-state index is 12.4. The molecule has 0 saturated carbocycles. The molecule has 2 N–H and O–H groups in total. The minimum Gasteiger partial charge on any atom is -0.451 e. The number of hydrogen-bond acceptors (Lipinski definition) is 5. The number of amides is 1. The number of sulfonamides is 1. The van der Waals surface area contributed by atoms with E-state index in [4.69, 9.17) is 4.42 Å². The van der Waals surface area contributed by atoms with E-state index in [2.05, 4.69) is 22.0 Å². The molecule has 1 aliphatic rings. The number of carbonyl (C=O) groups excluding carboxylic acids is 1. The second-order valence-corrected chi connectivity index (χ2v) is 7.96. The van der Waals surface area contributed by atoms with Crippen LogP contribution in [-0.2, 0) is 10.0 Å². The second-order valence-electron chi connectivity index (χ2n) is 6.07. The molecule has 1 aromatic carbocycles. The van der Waals surface area contributed by atoms with Gasteiger partial charge in [-0.05, 0) is 64.3 Å². The molecule has 2 heterocycles. The molecule has 0 radical (unpaired) electrons. The van der Waals surface area contributed by atoms with Crippen LogP contribution in [0.1, 0.15) is 23.4 Å². The van der Waals surface area contributed by atoms with Gasteiger partial charge in [0.2, 0.25) is 10.0 Å². The SMILES string of the molecule is CNS(=O)(=O)c1ccc2oc(C(=O)NC3CCN(C)CC3)cc2c1. The molecule has 0 aliphatic carbocycles. The molecule has 2 aromatic rings. The van der Waals surface area contributed by atoms with Crippen molar-refractivity contribution in [3.05, 3.63) is 30.0 Å². The van der Waals surface area contributed by atoms with Crippen molar-refractivity contribution in [2.24, 2.45) is 0 Å². The third kappa shape index (κ3) is 3.45. The summed E-state index contributed by atoms with van der Waals surface area (Å²) >= 11 is 0. The highest BCUT2D eigenvalue weighted by Gasteiger charge is 2.21. The molecule has 1 amide bonds. The van der Waals surface area contributed by atoms with E-state index < -0.39 is 10.0 Å². The lowest BCUT2D eigenvalue weighted by molar-refractivity contribution is 0.0891. The fourth-order valence-corrected chi connectivity index (χ4v) is 3.59. The molecule has 0 bridgehead atoms. The molecule has 0 unspecified atom stereocenters. The molecule has 1 fully saturated rings. The van der Waals surface area contributed by atoms with E-state index in [9.17, 15) is 13.2 Å². The van der Waals surface area contributed by atoms with E-state index >= 15 is 0 Å². The summed E-state index contributed by atoms with van der Waals surface area (Å²) in [5.74, 6) is -0.0679. The Kier molecular flexibility index (Phi) is 4.62. The smallest absolute Gasteiger partial charge is 0.287 e. The van der Waals surface area contributed by atoms with Crippen LogP contribution in [0.5, 0.6) is 0 Å². The zero-order chi connectivity index (χ0) is 17.3. The first-order chi connectivity index (χ1) is 11.4. The Hall–Kier alpha value is -1.90. The van der Waals surface area contributed by atoms with Gasteiger partial charge in [0.05, 0.1) is 4.90 Å². The van der Waals surface area contributed by atoms with Crippen LogP contribution in [0.2, 0.25) is 0 Å². The maximum Gasteiger partial charge on any atom is 0.287 e. The van der Waals surface area contributed by atoms with Crippen LogP contribution in [-0.4, -0.2) is 52.5 Å². The third-order valence-corrected chi connectivity index (χ3v) is 5.76. The first-order valence-corrected chi connectivity index (χ1v) is 9.34. The molecule has 24 heavy (non-hydrogen) atoms. The van der Waals surface area contributed by atoms with Gasteiger partial charge in [-0.15, -0.1) is 0 Å². The summed E-state index contributed by atoms with van der Waals surface area (Å²) in [6, 6.07) is 6.23. The van der Waals surface area contributed by atoms with Gasteiger partial charge in [0.1, 0.15) is 5.58 Å². The minimum atomic E-state index is -3.53. The number of benzene rings is 1. The van der Waals surface area contributed by atoms with Crippen LogP contribution in [0.3, 0.4) is 0 Å². The molecule has 3 rings (SSSR count). The van der Waals surface area contributed by atoms with Gasteiger partial charge in [-0.2, -0.15) is 0 Å². The monoisotopic (exact) mass is 351 g/mol. The molecule has 1 aromatic heterocycles. The summed E-state index contributed by atoms with van der Waals surface area (Å²) in [6.45, 7) is 1.91. The normalized spacial score (nSPS) is 17.2. The number of likely N-dealkylation sites (tertiary alicyclic amines) is 1. The van der Waals surface area contributed by atoms with Crippen LogP contribution >= 0.6 is 0 Å². The predicted molar refractivity (Wildman–Crippen MR) is 90.4 cm³/mol. The van der Waals surface area contributed by atoms with Crippen molar-refractivity contribution in [3.8, 4) is 0 Å². The Labute approximate surface area is 141 Å². The molecule has 7 nitrogen and oxygen atoms in total. The fourth-order valence-electron chi connectivity index (χ4n) is 2.83. The standard InChI is InChI=1S/C16H21N3O4S/c1-17-24(21,22)13-3-4-14-11(9-13)10-15(23-14)16(20)18-12-5-7-19(2)8-6-12/h3-4,9-10,12,17H,5-8H2,1-2H3,(H,18,20). The average molecular weight is 351 g/mol. The number of hydrogen-bond donors (Lipinski definition) is 2. The summed E-state index contributed by atoms with van der Waals surface area (Å²) in [7, 11) is -0.105. The molecule has 1 saturated heterocycles. The Bertz CT molecular complexity index is 851. The lowest BCUT2D eigenvalue weighted by Gasteiger charge is -2.29.